The Hall–Kier alpha value is -3.47. The van der Waals surface area contributed by atoms with Crippen LogP contribution in [0, 0.1) is 12.8 Å². The topological polar surface area (TPSA) is 90.9 Å². The van der Waals surface area contributed by atoms with E-state index in [0.29, 0.717) is 6.42 Å². The average Bonchev–Trinajstić information content (AvgIpc) is 2.75. The van der Waals surface area contributed by atoms with Crippen molar-refractivity contribution in [3.05, 3.63) is 75.0 Å². The molecule has 1 unspecified atom stereocenters. The van der Waals surface area contributed by atoms with Gasteiger partial charge in [0.05, 0.1) is 5.39 Å². The molecular formula is C29H34O5. The highest BCUT2D eigenvalue weighted by molar-refractivity contribution is 5.97. The first-order chi connectivity index (χ1) is 16.0. The average molecular weight is 463 g/mol. The van der Waals surface area contributed by atoms with Gasteiger partial charge < -0.3 is 19.7 Å². The first-order valence-corrected chi connectivity index (χ1v) is 11.6. The second-order valence-corrected chi connectivity index (χ2v) is 9.49. The van der Waals surface area contributed by atoms with E-state index in [-0.39, 0.29) is 39.4 Å². The summed E-state index contributed by atoms with van der Waals surface area (Å²) >= 11 is 0. The third kappa shape index (κ3) is 5.19. The zero-order chi connectivity index (χ0) is 25.2. The maximum atomic E-state index is 13.2. The van der Waals surface area contributed by atoms with Gasteiger partial charge in [-0.2, -0.15) is 0 Å². The summed E-state index contributed by atoms with van der Waals surface area (Å²) in [6.07, 6.45) is 7.84. The van der Waals surface area contributed by atoms with Gasteiger partial charge in [0.25, 0.3) is 0 Å². The molecule has 0 bridgehead atoms. The fourth-order valence-electron chi connectivity index (χ4n) is 4.22. The molecule has 0 aliphatic carbocycles. The Bertz CT molecular complexity index is 1370. The first kappa shape index (κ1) is 25.2. The number of benzene rings is 2. The van der Waals surface area contributed by atoms with E-state index in [2.05, 4.69) is 39.5 Å². The molecule has 0 aliphatic rings. The zero-order valence-electron chi connectivity index (χ0n) is 20.7. The highest BCUT2D eigenvalue weighted by Gasteiger charge is 2.22. The molecule has 180 valence electrons. The molecule has 5 heteroatoms. The molecule has 0 amide bonds. The van der Waals surface area contributed by atoms with Crippen LogP contribution in [0.15, 0.2) is 62.9 Å². The molecular weight excluding hydrogens is 428 g/mol. The number of fused-ring (bicyclic) bond motifs is 2. The van der Waals surface area contributed by atoms with Crippen molar-refractivity contribution in [2.75, 3.05) is 0 Å². The fourth-order valence-corrected chi connectivity index (χ4v) is 4.22. The minimum absolute atomic E-state index is 0.0760. The summed E-state index contributed by atoms with van der Waals surface area (Å²) in [7, 11) is 0. The summed E-state index contributed by atoms with van der Waals surface area (Å²) in [4.78, 5) is 13.2. The van der Waals surface area contributed by atoms with Gasteiger partial charge in [0, 0.05) is 0 Å². The van der Waals surface area contributed by atoms with Crippen LogP contribution in [0.2, 0.25) is 0 Å². The minimum atomic E-state index is -0.491. The molecule has 3 rings (SSSR count). The smallest absolute Gasteiger partial charge is 0.204 e. The van der Waals surface area contributed by atoms with Crippen LogP contribution in [0.1, 0.15) is 58.1 Å². The summed E-state index contributed by atoms with van der Waals surface area (Å²) in [6.45, 7) is 14.4. The Labute approximate surface area is 200 Å². The lowest BCUT2D eigenvalue weighted by atomic mass is 9.87. The molecule has 0 aliphatic heterocycles. The standard InChI is InChI=1S/C29H34O5/c1-16(2)8-7-9-18(5)10-11-20(17(3)4)15-22-19(6)14-24(31)25-26(32)21-12-13-23(30)27(33)29(21)34-28(22)25/h8,10,12-14,20,30-31,33H,3,7,9,11,15H2,1-2,4-6H3/b18-10+. The van der Waals surface area contributed by atoms with Crippen LogP contribution in [0.3, 0.4) is 0 Å². The molecule has 0 spiro atoms. The van der Waals surface area contributed by atoms with Crippen LogP contribution in [0.5, 0.6) is 17.2 Å². The van der Waals surface area contributed by atoms with Crippen LogP contribution >= 0.6 is 0 Å². The van der Waals surface area contributed by atoms with E-state index in [1.807, 2.05) is 13.8 Å². The molecule has 0 saturated carbocycles. The first-order valence-electron chi connectivity index (χ1n) is 11.6. The van der Waals surface area contributed by atoms with E-state index in [1.54, 1.807) is 6.07 Å². The summed E-state index contributed by atoms with van der Waals surface area (Å²) in [5.74, 6) is -0.929. The van der Waals surface area contributed by atoms with E-state index in [1.165, 1.54) is 23.3 Å². The van der Waals surface area contributed by atoms with E-state index in [4.69, 9.17) is 4.42 Å². The third-order valence-corrected chi connectivity index (χ3v) is 6.36. The Morgan fingerprint density at radius 1 is 1.06 bits per heavy atom. The van der Waals surface area contributed by atoms with Gasteiger partial charge in [-0.3, -0.25) is 4.79 Å². The van der Waals surface area contributed by atoms with Crippen LogP contribution < -0.4 is 5.43 Å². The molecule has 0 radical (unpaired) electrons. The van der Waals surface area contributed by atoms with Crippen molar-refractivity contribution < 1.29 is 19.7 Å². The number of rotatable bonds is 8. The number of phenolic OH excluding ortho intramolecular Hbond substituents is 3. The maximum Gasteiger partial charge on any atom is 0.204 e. The highest BCUT2D eigenvalue weighted by Crippen LogP contribution is 2.38. The van der Waals surface area contributed by atoms with Crippen LogP contribution in [-0.4, -0.2) is 15.3 Å². The van der Waals surface area contributed by atoms with Gasteiger partial charge in [-0.1, -0.05) is 35.5 Å². The van der Waals surface area contributed by atoms with Gasteiger partial charge in [0.15, 0.2) is 11.3 Å². The molecule has 1 heterocycles. The summed E-state index contributed by atoms with van der Waals surface area (Å²) in [5, 5.41) is 31.0. The number of hydrogen-bond donors (Lipinski definition) is 3. The Balaban J connectivity index is 2.07. The lowest BCUT2D eigenvalue weighted by molar-refractivity contribution is 0.401. The minimum Gasteiger partial charge on any atom is -0.507 e. The van der Waals surface area contributed by atoms with E-state index in [9.17, 15) is 20.1 Å². The molecule has 5 nitrogen and oxygen atoms in total. The Morgan fingerprint density at radius 3 is 2.41 bits per heavy atom. The third-order valence-electron chi connectivity index (χ3n) is 6.36. The van der Waals surface area contributed by atoms with Crippen molar-refractivity contribution in [3.8, 4) is 17.2 Å². The van der Waals surface area contributed by atoms with Crippen molar-refractivity contribution in [1.82, 2.24) is 0 Å². The van der Waals surface area contributed by atoms with Crippen molar-refractivity contribution in [2.24, 2.45) is 5.92 Å². The van der Waals surface area contributed by atoms with Gasteiger partial charge in [0.2, 0.25) is 11.2 Å². The summed E-state index contributed by atoms with van der Waals surface area (Å²) < 4.78 is 5.99. The highest BCUT2D eigenvalue weighted by atomic mass is 16.4. The zero-order valence-corrected chi connectivity index (χ0v) is 20.7. The molecule has 1 aromatic heterocycles. The van der Waals surface area contributed by atoms with E-state index in [0.717, 1.165) is 36.0 Å². The quantitative estimate of drug-likeness (QED) is 0.187. The van der Waals surface area contributed by atoms with Crippen molar-refractivity contribution in [2.45, 2.75) is 60.3 Å². The molecule has 3 N–H and O–H groups in total. The van der Waals surface area contributed by atoms with Gasteiger partial charge in [-0.05, 0) is 95.5 Å². The number of phenols is 3. The molecule has 34 heavy (non-hydrogen) atoms. The summed E-state index contributed by atoms with van der Waals surface area (Å²) in [6, 6.07) is 4.20. The van der Waals surface area contributed by atoms with Crippen molar-refractivity contribution in [1.29, 1.82) is 0 Å². The molecule has 1 atom stereocenters. The second kappa shape index (κ2) is 10.2. The lowest BCUT2D eigenvalue weighted by Gasteiger charge is -2.19. The van der Waals surface area contributed by atoms with Gasteiger partial charge >= 0.3 is 0 Å². The SMILES string of the molecule is C=C(C)C(C/C=C(\C)CCC=C(C)C)Cc1c(C)cc(O)c2c(=O)c3ccc(O)c(O)c3oc12. The number of hydrogen-bond acceptors (Lipinski definition) is 5. The van der Waals surface area contributed by atoms with Crippen molar-refractivity contribution in [3.63, 3.8) is 0 Å². The molecule has 3 aromatic rings. The predicted molar refractivity (Wildman–Crippen MR) is 139 cm³/mol. The fraction of sp³-hybridized carbons (Fsp3) is 0.345. The molecule has 2 aromatic carbocycles. The largest absolute Gasteiger partial charge is 0.507 e. The second-order valence-electron chi connectivity index (χ2n) is 9.49. The van der Waals surface area contributed by atoms with Gasteiger partial charge in [-0.15, -0.1) is 0 Å². The Morgan fingerprint density at radius 2 is 1.76 bits per heavy atom. The van der Waals surface area contributed by atoms with Crippen LogP contribution in [0.25, 0.3) is 21.9 Å². The lowest BCUT2D eigenvalue weighted by Crippen LogP contribution is -2.10. The monoisotopic (exact) mass is 462 g/mol. The number of aromatic hydroxyl groups is 3. The predicted octanol–water partition coefficient (Wildman–Crippen LogP) is 7.19. The van der Waals surface area contributed by atoms with E-state index < -0.39 is 11.2 Å². The normalized spacial score (nSPS) is 12.8. The number of aryl methyl sites for hydroxylation is 1. The van der Waals surface area contributed by atoms with Gasteiger partial charge in [0.1, 0.15) is 16.7 Å². The van der Waals surface area contributed by atoms with Crippen LogP contribution in [0.4, 0.5) is 0 Å². The molecule has 0 fully saturated rings. The van der Waals surface area contributed by atoms with E-state index >= 15 is 0 Å². The maximum absolute atomic E-state index is 13.2. The Kier molecular flexibility index (Phi) is 7.55. The van der Waals surface area contributed by atoms with Crippen LogP contribution in [-0.2, 0) is 6.42 Å². The van der Waals surface area contributed by atoms with Crippen molar-refractivity contribution >= 4 is 21.9 Å². The summed E-state index contributed by atoms with van der Waals surface area (Å²) in [5.41, 5.74) is 4.88. The molecule has 0 saturated heterocycles. The van der Waals surface area contributed by atoms with Gasteiger partial charge in [-0.25, -0.2) is 0 Å². The number of allylic oxidation sites excluding steroid dienone is 5.